The summed E-state index contributed by atoms with van der Waals surface area (Å²) in [6, 6.07) is 6.23. The van der Waals surface area contributed by atoms with Crippen LogP contribution >= 0.6 is 0 Å². The third-order valence-corrected chi connectivity index (χ3v) is 4.66. The Labute approximate surface area is 133 Å². The summed E-state index contributed by atoms with van der Waals surface area (Å²) in [6.07, 6.45) is 2.66. The molecule has 2 aliphatic rings. The van der Waals surface area contributed by atoms with E-state index >= 15 is 0 Å². The molecule has 0 radical (unpaired) electrons. The van der Waals surface area contributed by atoms with Crippen molar-refractivity contribution in [2.24, 2.45) is 11.3 Å². The van der Waals surface area contributed by atoms with Gasteiger partial charge in [0.25, 0.3) is 5.69 Å². The van der Waals surface area contributed by atoms with Crippen LogP contribution in [0.5, 0.6) is 0 Å². The van der Waals surface area contributed by atoms with Crippen molar-refractivity contribution in [2.75, 3.05) is 25.0 Å². The lowest BCUT2D eigenvalue weighted by molar-refractivity contribution is -0.384. The minimum atomic E-state index is -0.508. The number of nitro benzene ring substituents is 1. The monoisotopic (exact) mass is 314 g/mol. The third kappa shape index (κ3) is 3.03. The Hall–Kier alpha value is -2.46. The van der Waals surface area contributed by atoms with Crippen LogP contribution in [0.25, 0.3) is 0 Å². The van der Waals surface area contributed by atoms with Gasteiger partial charge < -0.3 is 10.6 Å². The molecule has 120 valence electrons. The summed E-state index contributed by atoms with van der Waals surface area (Å²) in [6.45, 7) is 1.77. The number of anilines is 1. The first-order valence-corrected chi connectivity index (χ1v) is 7.73. The van der Waals surface area contributed by atoms with E-state index in [1.807, 2.05) is 6.07 Å². The summed E-state index contributed by atoms with van der Waals surface area (Å²) < 4.78 is 0. The van der Waals surface area contributed by atoms with Gasteiger partial charge in [0.15, 0.2) is 0 Å². The SMILES string of the molecule is N#Cc1ccc(NC[C@]2(C(=O)C3CC3)CCNC2)c([N+](=O)[O-])c1. The van der Waals surface area contributed by atoms with Crippen LogP contribution in [0.2, 0.25) is 0 Å². The fourth-order valence-electron chi connectivity index (χ4n) is 3.14. The average molecular weight is 314 g/mol. The van der Waals surface area contributed by atoms with Crippen molar-refractivity contribution in [3.63, 3.8) is 0 Å². The largest absolute Gasteiger partial charge is 0.378 e. The van der Waals surface area contributed by atoms with Crippen molar-refractivity contribution >= 4 is 17.2 Å². The standard InChI is InChI=1S/C16H18N4O3/c17-8-11-1-4-13(14(7-11)20(22)23)19-10-16(5-6-18-9-16)15(21)12-2-3-12/h1,4,7,12,18-19H,2-3,5-6,9-10H2/t16-/m0/s1. The molecule has 1 heterocycles. The van der Waals surface area contributed by atoms with Gasteiger partial charge in [-0.15, -0.1) is 0 Å². The number of carbonyl (C=O) groups is 1. The molecule has 0 unspecified atom stereocenters. The van der Waals surface area contributed by atoms with E-state index in [1.165, 1.54) is 18.2 Å². The molecule has 1 aromatic rings. The molecular formula is C16H18N4O3. The van der Waals surface area contributed by atoms with Crippen LogP contribution in [0, 0.1) is 32.8 Å². The van der Waals surface area contributed by atoms with Crippen LogP contribution in [0.1, 0.15) is 24.8 Å². The minimum Gasteiger partial charge on any atom is -0.378 e. The molecule has 1 saturated heterocycles. The lowest BCUT2D eigenvalue weighted by atomic mass is 9.80. The molecule has 1 aliphatic carbocycles. The highest BCUT2D eigenvalue weighted by Gasteiger charge is 2.47. The summed E-state index contributed by atoms with van der Waals surface area (Å²) in [7, 11) is 0. The van der Waals surface area contributed by atoms with Crippen LogP contribution in [0.3, 0.4) is 0 Å². The molecule has 2 fully saturated rings. The Morgan fingerprint density at radius 3 is 2.87 bits per heavy atom. The summed E-state index contributed by atoms with van der Waals surface area (Å²) >= 11 is 0. The van der Waals surface area contributed by atoms with Gasteiger partial charge in [-0.1, -0.05) is 0 Å². The molecule has 0 aromatic heterocycles. The Morgan fingerprint density at radius 2 is 2.30 bits per heavy atom. The molecule has 7 heteroatoms. The van der Waals surface area contributed by atoms with Crippen molar-refractivity contribution in [3.8, 4) is 6.07 Å². The fourth-order valence-corrected chi connectivity index (χ4v) is 3.14. The highest BCUT2D eigenvalue weighted by molar-refractivity contribution is 5.90. The Balaban J connectivity index is 1.80. The van der Waals surface area contributed by atoms with Crippen LogP contribution in [-0.2, 0) is 4.79 Å². The van der Waals surface area contributed by atoms with E-state index in [9.17, 15) is 14.9 Å². The Kier molecular flexibility index (Phi) is 4.01. The maximum atomic E-state index is 12.6. The number of Topliss-reactive ketones (excluding diaryl/α,β-unsaturated/α-hetero) is 1. The lowest BCUT2D eigenvalue weighted by Gasteiger charge is -2.27. The van der Waals surface area contributed by atoms with Gasteiger partial charge in [-0.3, -0.25) is 14.9 Å². The molecule has 7 nitrogen and oxygen atoms in total. The first-order valence-electron chi connectivity index (χ1n) is 7.73. The first-order chi connectivity index (χ1) is 11.1. The third-order valence-electron chi connectivity index (χ3n) is 4.66. The van der Waals surface area contributed by atoms with E-state index in [4.69, 9.17) is 5.26 Å². The zero-order valence-electron chi connectivity index (χ0n) is 12.7. The second kappa shape index (κ2) is 5.97. The van der Waals surface area contributed by atoms with Gasteiger partial charge in [0.2, 0.25) is 0 Å². The normalized spacial score (nSPS) is 23.3. The number of ketones is 1. The van der Waals surface area contributed by atoms with E-state index in [2.05, 4.69) is 10.6 Å². The summed E-state index contributed by atoms with van der Waals surface area (Å²) in [5.41, 5.74) is -0.0235. The van der Waals surface area contributed by atoms with Gasteiger partial charge in [0, 0.05) is 25.1 Å². The average Bonchev–Trinajstić information content (AvgIpc) is 3.30. The second-order valence-electron chi connectivity index (χ2n) is 6.30. The summed E-state index contributed by atoms with van der Waals surface area (Å²) in [4.78, 5) is 23.3. The van der Waals surface area contributed by atoms with Crippen LogP contribution in [-0.4, -0.2) is 30.3 Å². The molecule has 3 rings (SSSR count). The molecule has 23 heavy (non-hydrogen) atoms. The van der Waals surface area contributed by atoms with E-state index in [-0.39, 0.29) is 23.0 Å². The van der Waals surface area contributed by atoms with Crippen molar-refractivity contribution in [3.05, 3.63) is 33.9 Å². The maximum absolute atomic E-state index is 12.6. The zero-order valence-corrected chi connectivity index (χ0v) is 12.7. The number of hydrogen-bond donors (Lipinski definition) is 2. The molecule has 1 saturated carbocycles. The quantitative estimate of drug-likeness (QED) is 0.612. The number of rotatable bonds is 6. The van der Waals surface area contributed by atoms with E-state index < -0.39 is 10.3 Å². The number of benzene rings is 1. The number of carbonyl (C=O) groups excluding carboxylic acids is 1. The van der Waals surface area contributed by atoms with Gasteiger partial charge in [-0.05, 0) is 37.9 Å². The maximum Gasteiger partial charge on any atom is 0.293 e. The highest BCUT2D eigenvalue weighted by Crippen LogP contribution is 2.40. The zero-order chi connectivity index (χ0) is 16.4. The molecule has 1 aromatic carbocycles. The molecular weight excluding hydrogens is 296 g/mol. The van der Waals surface area contributed by atoms with E-state index in [0.29, 0.717) is 18.8 Å². The van der Waals surface area contributed by atoms with Gasteiger partial charge >= 0.3 is 0 Å². The van der Waals surface area contributed by atoms with Crippen molar-refractivity contribution < 1.29 is 9.72 Å². The van der Waals surface area contributed by atoms with E-state index in [0.717, 1.165) is 25.8 Å². The summed E-state index contributed by atoms with van der Waals surface area (Å²) in [5, 5.41) is 26.4. The predicted molar refractivity (Wildman–Crippen MR) is 84.0 cm³/mol. The van der Waals surface area contributed by atoms with Gasteiger partial charge in [0.1, 0.15) is 11.5 Å². The molecule has 1 aliphatic heterocycles. The highest BCUT2D eigenvalue weighted by atomic mass is 16.6. The van der Waals surface area contributed by atoms with Crippen molar-refractivity contribution in [2.45, 2.75) is 19.3 Å². The van der Waals surface area contributed by atoms with Crippen LogP contribution < -0.4 is 10.6 Å². The lowest BCUT2D eigenvalue weighted by Crippen LogP contribution is -2.41. The van der Waals surface area contributed by atoms with Gasteiger partial charge in [-0.2, -0.15) is 5.26 Å². The molecule has 1 atom stereocenters. The second-order valence-corrected chi connectivity index (χ2v) is 6.30. The van der Waals surface area contributed by atoms with Crippen molar-refractivity contribution in [1.82, 2.24) is 5.32 Å². The molecule has 0 amide bonds. The predicted octanol–water partition coefficient (Wildman–Crippen LogP) is 1.84. The number of nitrogens with one attached hydrogen (secondary N) is 2. The molecule has 0 spiro atoms. The summed E-state index contributed by atoms with van der Waals surface area (Å²) in [5.74, 6) is 0.430. The number of nitrogens with zero attached hydrogens (tertiary/aromatic N) is 2. The number of nitriles is 1. The first kappa shape index (κ1) is 15.4. The topological polar surface area (TPSA) is 108 Å². The Morgan fingerprint density at radius 1 is 1.52 bits per heavy atom. The smallest absolute Gasteiger partial charge is 0.293 e. The number of nitro groups is 1. The fraction of sp³-hybridized carbons (Fsp3) is 0.500. The van der Waals surface area contributed by atoms with Crippen molar-refractivity contribution in [1.29, 1.82) is 5.26 Å². The van der Waals surface area contributed by atoms with Gasteiger partial charge in [0.05, 0.1) is 22.0 Å². The van der Waals surface area contributed by atoms with Crippen LogP contribution in [0.15, 0.2) is 18.2 Å². The molecule has 2 N–H and O–H groups in total. The Bertz CT molecular complexity index is 685. The van der Waals surface area contributed by atoms with E-state index in [1.54, 1.807) is 0 Å². The molecule has 0 bridgehead atoms. The van der Waals surface area contributed by atoms with Gasteiger partial charge in [-0.25, -0.2) is 0 Å². The minimum absolute atomic E-state index is 0.135. The van der Waals surface area contributed by atoms with Crippen LogP contribution in [0.4, 0.5) is 11.4 Å². The number of hydrogen-bond acceptors (Lipinski definition) is 6.